The normalized spacial score (nSPS) is 23.6. The molecule has 2 aromatic heterocycles. The minimum atomic E-state index is 0.474. The Morgan fingerprint density at radius 3 is 2.85 bits per heavy atom. The minimum Gasteiger partial charge on any atom is -0.309 e. The highest BCUT2D eigenvalue weighted by Gasteiger charge is 2.27. The maximum Gasteiger partial charge on any atom is 0.158 e. The molecule has 2 atom stereocenters. The number of fused-ring (bicyclic) bond motifs is 1. The van der Waals surface area contributed by atoms with E-state index in [4.69, 9.17) is 16.6 Å². The Kier molecular flexibility index (Phi) is 3.76. The molecule has 3 rings (SSSR count). The summed E-state index contributed by atoms with van der Waals surface area (Å²) in [6.45, 7) is 4.32. The lowest BCUT2D eigenvalue weighted by Crippen LogP contribution is -2.21. The summed E-state index contributed by atoms with van der Waals surface area (Å²) in [6, 6.07) is 0.530. The van der Waals surface area contributed by atoms with E-state index < -0.39 is 0 Å². The molecule has 2 unspecified atom stereocenters. The van der Waals surface area contributed by atoms with E-state index in [1.54, 1.807) is 0 Å². The fourth-order valence-corrected chi connectivity index (χ4v) is 3.88. The summed E-state index contributed by atoms with van der Waals surface area (Å²) in [6.07, 6.45) is 6.42. The molecule has 0 radical (unpaired) electrons. The predicted octanol–water partition coefficient (Wildman–Crippen LogP) is 3.96. The molecule has 20 heavy (non-hydrogen) atoms. The third-order valence-electron chi connectivity index (χ3n) is 4.73. The smallest absolute Gasteiger partial charge is 0.158 e. The van der Waals surface area contributed by atoms with Crippen molar-refractivity contribution in [2.24, 2.45) is 13.0 Å². The Balaban J connectivity index is 2.09. The van der Waals surface area contributed by atoms with Crippen LogP contribution in [0.2, 0.25) is 0 Å². The minimum absolute atomic E-state index is 0.474. The first-order chi connectivity index (χ1) is 9.65. The molecule has 0 aliphatic heterocycles. The van der Waals surface area contributed by atoms with Crippen molar-refractivity contribution in [1.82, 2.24) is 19.3 Å². The highest BCUT2D eigenvalue weighted by atomic mass is 35.5. The van der Waals surface area contributed by atoms with E-state index in [0.29, 0.717) is 11.9 Å². The lowest BCUT2D eigenvalue weighted by molar-refractivity contribution is 0.261. The lowest BCUT2D eigenvalue weighted by atomic mass is 9.84. The number of nitrogens with zero attached hydrogens (tertiary/aromatic N) is 4. The standard InChI is InChI=1S/C15H23ClN4/c1-4-11-6-5-7-12(8-11)20-13(9-16)17-14-10(2)18-19(3)15(14)20/h11-12H,4-9H2,1-3H3. The lowest BCUT2D eigenvalue weighted by Gasteiger charge is -2.30. The summed E-state index contributed by atoms with van der Waals surface area (Å²) < 4.78 is 4.33. The maximum atomic E-state index is 6.14. The monoisotopic (exact) mass is 294 g/mol. The van der Waals surface area contributed by atoms with Crippen molar-refractivity contribution in [3.63, 3.8) is 0 Å². The van der Waals surface area contributed by atoms with Gasteiger partial charge in [-0.1, -0.05) is 26.2 Å². The number of halogens is 1. The first kappa shape index (κ1) is 13.9. The third kappa shape index (κ3) is 2.14. The predicted molar refractivity (Wildman–Crippen MR) is 82.1 cm³/mol. The first-order valence-electron chi connectivity index (χ1n) is 7.62. The summed E-state index contributed by atoms with van der Waals surface area (Å²) in [4.78, 5) is 4.73. The van der Waals surface area contributed by atoms with Crippen LogP contribution in [0.5, 0.6) is 0 Å². The van der Waals surface area contributed by atoms with Crippen LogP contribution in [0, 0.1) is 12.8 Å². The Hall–Kier alpha value is -1.03. The zero-order chi connectivity index (χ0) is 14.3. The van der Waals surface area contributed by atoms with Gasteiger partial charge in [0, 0.05) is 13.1 Å². The van der Waals surface area contributed by atoms with Gasteiger partial charge in [-0.3, -0.25) is 4.68 Å². The van der Waals surface area contributed by atoms with Crippen LogP contribution in [0.25, 0.3) is 11.2 Å². The van der Waals surface area contributed by atoms with Gasteiger partial charge in [0.15, 0.2) is 5.65 Å². The highest BCUT2D eigenvalue weighted by Crippen LogP contribution is 2.37. The molecular formula is C15H23ClN4. The number of imidazole rings is 1. The summed E-state index contributed by atoms with van der Waals surface area (Å²) in [5, 5.41) is 4.51. The van der Waals surface area contributed by atoms with Crippen molar-refractivity contribution in [2.75, 3.05) is 0 Å². The second kappa shape index (κ2) is 5.40. The SMILES string of the molecule is CCC1CCCC(n2c(CCl)nc3c(C)nn(C)c32)C1. The van der Waals surface area contributed by atoms with Crippen LogP contribution >= 0.6 is 11.6 Å². The van der Waals surface area contributed by atoms with E-state index in [2.05, 4.69) is 16.6 Å². The largest absolute Gasteiger partial charge is 0.309 e. The van der Waals surface area contributed by atoms with Crippen molar-refractivity contribution >= 4 is 22.8 Å². The molecule has 110 valence electrons. The molecule has 4 nitrogen and oxygen atoms in total. The van der Waals surface area contributed by atoms with Crippen LogP contribution < -0.4 is 0 Å². The summed E-state index contributed by atoms with van der Waals surface area (Å²) in [5.74, 6) is 2.31. The molecule has 1 aliphatic carbocycles. The summed E-state index contributed by atoms with van der Waals surface area (Å²) in [7, 11) is 2.01. The van der Waals surface area contributed by atoms with Crippen LogP contribution in [0.4, 0.5) is 0 Å². The van der Waals surface area contributed by atoms with E-state index in [1.165, 1.54) is 32.1 Å². The topological polar surface area (TPSA) is 35.6 Å². The average Bonchev–Trinajstić information content (AvgIpc) is 2.98. The van der Waals surface area contributed by atoms with Gasteiger partial charge in [-0.15, -0.1) is 11.6 Å². The highest BCUT2D eigenvalue weighted by molar-refractivity contribution is 6.16. The second-order valence-electron chi connectivity index (χ2n) is 6.01. The number of rotatable bonds is 3. The first-order valence-corrected chi connectivity index (χ1v) is 8.15. The van der Waals surface area contributed by atoms with Gasteiger partial charge >= 0.3 is 0 Å². The van der Waals surface area contributed by atoms with E-state index >= 15 is 0 Å². The molecule has 1 fully saturated rings. The summed E-state index contributed by atoms with van der Waals surface area (Å²) in [5.41, 5.74) is 3.15. The van der Waals surface area contributed by atoms with Gasteiger partial charge in [0.2, 0.25) is 0 Å². The van der Waals surface area contributed by atoms with Gasteiger partial charge in [0.1, 0.15) is 11.3 Å². The number of hydrogen-bond acceptors (Lipinski definition) is 2. The Bertz CT molecular complexity index is 613. The van der Waals surface area contributed by atoms with Crippen molar-refractivity contribution in [3.8, 4) is 0 Å². The van der Waals surface area contributed by atoms with Gasteiger partial charge < -0.3 is 4.57 Å². The fraction of sp³-hybridized carbons (Fsp3) is 0.733. The zero-order valence-electron chi connectivity index (χ0n) is 12.6. The molecule has 0 amide bonds. The van der Waals surface area contributed by atoms with Crippen molar-refractivity contribution in [2.45, 2.75) is 57.9 Å². The zero-order valence-corrected chi connectivity index (χ0v) is 13.3. The van der Waals surface area contributed by atoms with Crippen LogP contribution in [-0.2, 0) is 12.9 Å². The third-order valence-corrected chi connectivity index (χ3v) is 4.96. The molecule has 0 aromatic carbocycles. The fourth-order valence-electron chi connectivity index (χ4n) is 3.69. The molecule has 2 aromatic rings. The molecule has 2 heterocycles. The molecular weight excluding hydrogens is 272 g/mol. The Labute approximate surface area is 125 Å². The van der Waals surface area contributed by atoms with Crippen LogP contribution in [-0.4, -0.2) is 19.3 Å². The molecule has 0 spiro atoms. The van der Waals surface area contributed by atoms with E-state index in [0.717, 1.165) is 28.6 Å². The van der Waals surface area contributed by atoms with Gasteiger partial charge in [0.25, 0.3) is 0 Å². The van der Waals surface area contributed by atoms with Crippen LogP contribution in [0.3, 0.4) is 0 Å². The van der Waals surface area contributed by atoms with Gasteiger partial charge in [0.05, 0.1) is 11.6 Å². The average molecular weight is 295 g/mol. The van der Waals surface area contributed by atoms with E-state index in [-0.39, 0.29) is 0 Å². The molecule has 0 bridgehead atoms. The van der Waals surface area contributed by atoms with Crippen molar-refractivity contribution < 1.29 is 0 Å². The van der Waals surface area contributed by atoms with E-state index in [1.807, 2.05) is 18.7 Å². The number of aromatic nitrogens is 4. The van der Waals surface area contributed by atoms with Gasteiger partial charge in [-0.25, -0.2) is 4.98 Å². The number of hydrogen-bond donors (Lipinski definition) is 0. The molecule has 1 aliphatic rings. The van der Waals surface area contributed by atoms with Gasteiger partial charge in [-0.2, -0.15) is 5.10 Å². The van der Waals surface area contributed by atoms with Crippen molar-refractivity contribution in [1.29, 1.82) is 0 Å². The summed E-state index contributed by atoms with van der Waals surface area (Å²) >= 11 is 6.14. The Morgan fingerprint density at radius 1 is 1.35 bits per heavy atom. The molecule has 5 heteroatoms. The maximum absolute atomic E-state index is 6.14. The quantitative estimate of drug-likeness (QED) is 0.803. The van der Waals surface area contributed by atoms with Gasteiger partial charge in [-0.05, 0) is 25.7 Å². The van der Waals surface area contributed by atoms with Crippen LogP contribution in [0.1, 0.15) is 56.6 Å². The molecule has 0 saturated heterocycles. The van der Waals surface area contributed by atoms with E-state index in [9.17, 15) is 0 Å². The van der Waals surface area contributed by atoms with Crippen molar-refractivity contribution in [3.05, 3.63) is 11.5 Å². The second-order valence-corrected chi connectivity index (χ2v) is 6.27. The Morgan fingerprint density at radius 2 is 2.15 bits per heavy atom. The number of alkyl halides is 1. The molecule has 0 N–H and O–H groups in total. The van der Waals surface area contributed by atoms with Crippen LogP contribution in [0.15, 0.2) is 0 Å². The number of aryl methyl sites for hydroxylation is 2. The molecule has 1 saturated carbocycles.